The minimum atomic E-state index is 0.0772. The van der Waals surface area contributed by atoms with Crippen molar-refractivity contribution in [2.75, 3.05) is 0 Å². The first-order valence-corrected chi connectivity index (χ1v) is 4.91. The van der Waals surface area contributed by atoms with E-state index in [-0.39, 0.29) is 12.6 Å². The summed E-state index contributed by atoms with van der Waals surface area (Å²) in [5.74, 6) is 0. The van der Waals surface area contributed by atoms with Crippen LogP contribution < -0.4 is 5.73 Å². The van der Waals surface area contributed by atoms with Crippen molar-refractivity contribution in [2.24, 2.45) is 5.73 Å². The molecule has 0 saturated heterocycles. The number of pyridine rings is 1. The molecule has 2 rings (SSSR count). The summed E-state index contributed by atoms with van der Waals surface area (Å²) in [4.78, 5) is 3.80. The van der Waals surface area contributed by atoms with Gasteiger partial charge in [-0.25, -0.2) is 0 Å². The third-order valence-corrected chi connectivity index (χ3v) is 1.92. The molecule has 1 aliphatic rings. The number of aliphatic hydroxyl groups excluding tert-OH is 1. The van der Waals surface area contributed by atoms with Crippen molar-refractivity contribution in [1.29, 1.82) is 0 Å². The maximum atomic E-state index is 8.50. The Balaban J connectivity index is 0.000000151. The molecule has 80 valence electrons. The summed E-state index contributed by atoms with van der Waals surface area (Å²) in [6.45, 7) is 0.0772. The molecule has 0 aromatic carbocycles. The molecule has 0 fully saturated rings. The van der Waals surface area contributed by atoms with Crippen LogP contribution >= 0.6 is 0 Å². The maximum Gasteiger partial charge on any atom is 0.0696 e. The van der Waals surface area contributed by atoms with Gasteiger partial charge in [-0.3, -0.25) is 4.98 Å². The van der Waals surface area contributed by atoms with Crippen molar-refractivity contribution in [3.05, 3.63) is 54.4 Å². The smallest absolute Gasteiger partial charge is 0.0696 e. The fourth-order valence-electron chi connectivity index (χ4n) is 1.09. The molecule has 0 aliphatic heterocycles. The highest BCUT2D eigenvalue weighted by molar-refractivity contribution is 5.12. The van der Waals surface area contributed by atoms with Crippen LogP contribution in [0.4, 0.5) is 0 Å². The predicted octanol–water partition coefficient (Wildman–Crippen LogP) is 1.40. The second kappa shape index (κ2) is 6.92. The van der Waals surface area contributed by atoms with Crippen LogP contribution in [0.5, 0.6) is 0 Å². The molecule has 0 unspecified atom stereocenters. The molecular weight excluding hydrogens is 188 g/mol. The largest absolute Gasteiger partial charge is 0.392 e. The van der Waals surface area contributed by atoms with Gasteiger partial charge in [0, 0.05) is 18.4 Å². The number of rotatable bonds is 1. The van der Waals surface area contributed by atoms with Crippen molar-refractivity contribution in [3.63, 3.8) is 0 Å². The lowest BCUT2D eigenvalue weighted by Gasteiger charge is -2.02. The highest BCUT2D eigenvalue weighted by Crippen LogP contribution is 1.97. The molecule has 1 aliphatic carbocycles. The van der Waals surface area contributed by atoms with Gasteiger partial charge in [-0.2, -0.15) is 0 Å². The van der Waals surface area contributed by atoms with E-state index in [0.29, 0.717) is 0 Å². The topological polar surface area (TPSA) is 59.1 Å². The molecule has 3 N–H and O–H groups in total. The van der Waals surface area contributed by atoms with Gasteiger partial charge >= 0.3 is 0 Å². The van der Waals surface area contributed by atoms with E-state index in [2.05, 4.69) is 11.1 Å². The Labute approximate surface area is 90.0 Å². The van der Waals surface area contributed by atoms with Crippen LogP contribution in [0.2, 0.25) is 0 Å². The summed E-state index contributed by atoms with van der Waals surface area (Å²) in [5.41, 5.74) is 6.35. The molecule has 1 atom stereocenters. The Morgan fingerprint density at radius 3 is 2.67 bits per heavy atom. The first-order valence-electron chi connectivity index (χ1n) is 4.91. The number of aliphatic hydroxyl groups is 1. The van der Waals surface area contributed by atoms with Crippen molar-refractivity contribution in [2.45, 2.75) is 19.1 Å². The van der Waals surface area contributed by atoms with Crippen molar-refractivity contribution >= 4 is 0 Å². The molecule has 0 radical (unpaired) electrons. The summed E-state index contributed by atoms with van der Waals surface area (Å²) in [5, 5.41) is 8.50. The molecule has 0 amide bonds. The van der Waals surface area contributed by atoms with Gasteiger partial charge in [-0.1, -0.05) is 30.4 Å². The highest BCUT2D eigenvalue weighted by Gasteiger charge is 1.93. The van der Waals surface area contributed by atoms with Crippen LogP contribution in [0.25, 0.3) is 0 Å². The van der Waals surface area contributed by atoms with Crippen LogP contribution in [-0.4, -0.2) is 16.1 Å². The summed E-state index contributed by atoms with van der Waals surface area (Å²) < 4.78 is 0. The summed E-state index contributed by atoms with van der Waals surface area (Å²) in [6, 6.07) is 3.89. The maximum absolute atomic E-state index is 8.50. The minimum Gasteiger partial charge on any atom is -0.392 e. The fourth-order valence-corrected chi connectivity index (χ4v) is 1.09. The number of aromatic nitrogens is 1. The Kier molecular flexibility index (Phi) is 5.37. The molecule has 0 spiro atoms. The summed E-state index contributed by atoms with van der Waals surface area (Å²) in [6.07, 6.45) is 12.4. The van der Waals surface area contributed by atoms with Gasteiger partial charge in [0.15, 0.2) is 0 Å². The zero-order chi connectivity index (χ0) is 10.9. The van der Waals surface area contributed by atoms with Crippen LogP contribution in [0.15, 0.2) is 48.8 Å². The highest BCUT2D eigenvalue weighted by atomic mass is 16.3. The normalized spacial score (nSPS) is 18.1. The van der Waals surface area contributed by atoms with E-state index in [4.69, 9.17) is 10.8 Å². The monoisotopic (exact) mass is 204 g/mol. The number of nitrogens with two attached hydrogens (primary N) is 1. The molecular formula is C12H16N2O. The number of nitrogens with zero attached hydrogens (tertiary/aromatic N) is 1. The molecule has 0 saturated carbocycles. The average Bonchev–Trinajstić information content (AvgIpc) is 2.32. The van der Waals surface area contributed by atoms with E-state index in [0.717, 1.165) is 12.0 Å². The van der Waals surface area contributed by atoms with E-state index >= 15 is 0 Å². The van der Waals surface area contributed by atoms with Crippen molar-refractivity contribution in [3.8, 4) is 0 Å². The van der Waals surface area contributed by atoms with Crippen LogP contribution in [0.1, 0.15) is 12.0 Å². The summed E-state index contributed by atoms with van der Waals surface area (Å²) >= 11 is 0. The molecule has 15 heavy (non-hydrogen) atoms. The van der Waals surface area contributed by atoms with Gasteiger partial charge in [-0.15, -0.1) is 0 Å². The van der Waals surface area contributed by atoms with Crippen molar-refractivity contribution < 1.29 is 5.11 Å². The second-order valence-electron chi connectivity index (χ2n) is 3.23. The van der Waals surface area contributed by atoms with Crippen LogP contribution in [-0.2, 0) is 6.61 Å². The number of allylic oxidation sites excluding steroid dienone is 2. The second-order valence-corrected chi connectivity index (χ2v) is 3.23. The molecule has 0 bridgehead atoms. The quantitative estimate of drug-likeness (QED) is 0.727. The lowest BCUT2D eigenvalue weighted by Crippen LogP contribution is -2.16. The molecule has 3 nitrogen and oxygen atoms in total. The zero-order valence-electron chi connectivity index (χ0n) is 8.58. The van der Waals surface area contributed by atoms with E-state index in [1.807, 2.05) is 24.3 Å². The zero-order valence-corrected chi connectivity index (χ0v) is 8.58. The lowest BCUT2D eigenvalue weighted by molar-refractivity contribution is 0.281. The Morgan fingerprint density at radius 2 is 2.33 bits per heavy atom. The van der Waals surface area contributed by atoms with E-state index in [9.17, 15) is 0 Å². The molecule has 1 aromatic heterocycles. The molecule has 1 heterocycles. The molecule has 3 heteroatoms. The van der Waals surface area contributed by atoms with E-state index in [1.165, 1.54) is 0 Å². The summed E-state index contributed by atoms with van der Waals surface area (Å²) in [7, 11) is 0. The lowest BCUT2D eigenvalue weighted by atomic mass is 10.1. The Morgan fingerprint density at radius 1 is 1.47 bits per heavy atom. The van der Waals surface area contributed by atoms with Gasteiger partial charge in [-0.05, 0) is 18.1 Å². The third kappa shape index (κ3) is 5.10. The minimum absolute atomic E-state index is 0.0772. The van der Waals surface area contributed by atoms with Crippen molar-refractivity contribution in [1.82, 2.24) is 4.98 Å². The van der Waals surface area contributed by atoms with E-state index in [1.54, 1.807) is 18.5 Å². The average molecular weight is 204 g/mol. The first kappa shape index (κ1) is 11.6. The third-order valence-electron chi connectivity index (χ3n) is 1.92. The number of hydrogen-bond acceptors (Lipinski definition) is 3. The SMILES string of the molecule is N[C@H]1C=CC=CC1.OCc1cccnc1. The predicted molar refractivity (Wildman–Crippen MR) is 61.0 cm³/mol. The van der Waals surface area contributed by atoms with Gasteiger partial charge in [0.25, 0.3) is 0 Å². The van der Waals surface area contributed by atoms with E-state index < -0.39 is 0 Å². The van der Waals surface area contributed by atoms with Gasteiger partial charge < -0.3 is 10.8 Å². The number of hydrogen-bond donors (Lipinski definition) is 2. The van der Waals surface area contributed by atoms with Gasteiger partial charge in [0.2, 0.25) is 0 Å². The van der Waals surface area contributed by atoms with Gasteiger partial charge in [0.1, 0.15) is 0 Å². The first-order chi connectivity index (χ1) is 7.33. The van der Waals surface area contributed by atoms with Crippen LogP contribution in [0, 0.1) is 0 Å². The standard InChI is InChI=1S/C6H7NO.C6H9N/c8-5-6-2-1-3-7-4-6;7-6-4-2-1-3-5-6/h1-4,8H,5H2;1-4,6H,5,7H2/t;6-/m.0/s1. The van der Waals surface area contributed by atoms with Gasteiger partial charge in [0.05, 0.1) is 6.61 Å². The Bertz CT molecular complexity index is 320. The molecule has 1 aromatic rings. The fraction of sp³-hybridized carbons (Fsp3) is 0.250. The van der Waals surface area contributed by atoms with Crippen LogP contribution in [0.3, 0.4) is 0 Å². The Hall–Kier alpha value is -1.45.